The molecular weight excluding hydrogens is 496 g/mol. The molecular formula is C31H34N2O6. The molecule has 2 fully saturated rings. The van der Waals surface area contributed by atoms with Crippen LogP contribution in [0.2, 0.25) is 0 Å². The van der Waals surface area contributed by atoms with Crippen LogP contribution >= 0.6 is 0 Å². The van der Waals surface area contributed by atoms with Gasteiger partial charge in [0.05, 0.1) is 25.2 Å². The molecule has 2 amide bonds. The van der Waals surface area contributed by atoms with Crippen molar-refractivity contribution in [1.82, 2.24) is 4.90 Å². The third-order valence-electron chi connectivity index (χ3n) is 8.96. The molecule has 8 heteroatoms. The summed E-state index contributed by atoms with van der Waals surface area (Å²) in [7, 11) is 0. The molecule has 0 saturated carbocycles. The maximum Gasteiger partial charge on any atom is 0.313 e. The van der Waals surface area contributed by atoms with E-state index in [9.17, 15) is 19.5 Å². The smallest absolute Gasteiger partial charge is 0.313 e. The third kappa shape index (κ3) is 3.68. The zero-order valence-electron chi connectivity index (χ0n) is 22.3. The van der Waals surface area contributed by atoms with Crippen molar-refractivity contribution in [1.29, 1.82) is 0 Å². The summed E-state index contributed by atoms with van der Waals surface area (Å²) >= 11 is 0. The van der Waals surface area contributed by atoms with Crippen molar-refractivity contribution in [2.75, 3.05) is 24.7 Å². The predicted octanol–water partition coefficient (Wildman–Crippen LogP) is 3.38. The van der Waals surface area contributed by atoms with Crippen LogP contribution in [0.5, 0.6) is 0 Å². The van der Waals surface area contributed by atoms with Crippen molar-refractivity contribution in [2.45, 2.75) is 56.4 Å². The summed E-state index contributed by atoms with van der Waals surface area (Å²) in [6.45, 7) is 4.01. The van der Waals surface area contributed by atoms with Gasteiger partial charge in [-0.3, -0.25) is 14.4 Å². The maximum atomic E-state index is 14.6. The fourth-order valence-electron chi connectivity index (χ4n) is 7.05. The van der Waals surface area contributed by atoms with Crippen LogP contribution in [0.15, 0.2) is 66.8 Å². The van der Waals surface area contributed by atoms with E-state index in [2.05, 4.69) is 0 Å². The minimum atomic E-state index is -1.38. The molecule has 2 aromatic carbocycles. The van der Waals surface area contributed by atoms with Crippen LogP contribution < -0.4 is 4.90 Å². The number of hydrogen-bond acceptors (Lipinski definition) is 6. The van der Waals surface area contributed by atoms with Gasteiger partial charge in [0.15, 0.2) is 0 Å². The molecule has 0 radical (unpaired) electrons. The van der Waals surface area contributed by atoms with Gasteiger partial charge >= 0.3 is 5.97 Å². The highest BCUT2D eigenvalue weighted by molar-refractivity contribution is 6.06. The lowest BCUT2D eigenvalue weighted by atomic mass is 9.73. The van der Waals surface area contributed by atoms with E-state index < -0.39 is 41.1 Å². The fourth-order valence-corrected chi connectivity index (χ4v) is 7.05. The van der Waals surface area contributed by atoms with Gasteiger partial charge < -0.3 is 24.4 Å². The molecule has 2 aromatic rings. The van der Waals surface area contributed by atoms with Gasteiger partial charge in [0, 0.05) is 12.2 Å². The summed E-state index contributed by atoms with van der Waals surface area (Å²) in [6, 6.07) is 12.2. The minimum absolute atomic E-state index is 0.228. The Morgan fingerprint density at radius 1 is 1.00 bits per heavy atom. The summed E-state index contributed by atoms with van der Waals surface area (Å²) < 4.78 is 12.5. The van der Waals surface area contributed by atoms with Crippen LogP contribution in [0.4, 0.5) is 5.69 Å². The Balaban J connectivity index is 1.52. The molecule has 8 nitrogen and oxygen atoms in total. The van der Waals surface area contributed by atoms with Crippen LogP contribution in [0.3, 0.4) is 0 Å². The lowest BCUT2D eigenvalue weighted by Gasteiger charge is -2.40. The number of anilines is 1. The topological polar surface area (TPSA) is 96.4 Å². The molecule has 0 bridgehead atoms. The van der Waals surface area contributed by atoms with Crippen LogP contribution in [0, 0.1) is 11.8 Å². The highest BCUT2D eigenvalue weighted by Gasteiger charge is 2.75. The van der Waals surface area contributed by atoms with Crippen molar-refractivity contribution in [3.63, 3.8) is 0 Å². The van der Waals surface area contributed by atoms with Crippen LogP contribution in [-0.4, -0.2) is 70.8 Å². The molecule has 39 heavy (non-hydrogen) atoms. The Hall–Kier alpha value is -3.49. The number of likely N-dealkylation sites (tertiary alicyclic amines) is 1. The van der Waals surface area contributed by atoms with E-state index in [0.717, 1.165) is 10.8 Å². The third-order valence-corrected chi connectivity index (χ3v) is 8.96. The maximum absolute atomic E-state index is 14.6. The van der Waals surface area contributed by atoms with Crippen molar-refractivity contribution in [3.05, 3.63) is 66.8 Å². The summed E-state index contributed by atoms with van der Waals surface area (Å²) in [5.41, 5.74) is -1.75. The van der Waals surface area contributed by atoms with Crippen LogP contribution in [-0.2, 0) is 23.9 Å². The number of cyclic esters (lactones) is 1. The number of fused-ring (bicyclic) bond motifs is 3. The summed E-state index contributed by atoms with van der Waals surface area (Å²) in [6.07, 6.45) is 8.97. The molecule has 6 atom stereocenters. The predicted molar refractivity (Wildman–Crippen MR) is 146 cm³/mol. The standard InChI is InChI=1S/C31H34N2O6/c1-3-22(19-34)33-26-28(36)32(23-13-12-20-10-5-6-11-21(20)18-23)16-9-15-31(26)24(27(33)35)25-29(37)38-17-8-7-14-30(25,4-2)39-31/h5-7,9-15,18,22,24-26,34H,3-4,8,16-17,19H2,1-2H3/t22-,24-,25+,26?,30-,31-/m0/s1. The highest BCUT2D eigenvalue weighted by Crippen LogP contribution is 2.58. The number of aliphatic hydroxyl groups excluding tert-OH is 1. The molecule has 4 aliphatic heterocycles. The van der Waals surface area contributed by atoms with Gasteiger partial charge in [-0.15, -0.1) is 0 Å². The van der Waals surface area contributed by atoms with E-state index in [1.165, 1.54) is 4.90 Å². The lowest BCUT2D eigenvalue weighted by Crippen LogP contribution is -2.59. The second-order valence-electron chi connectivity index (χ2n) is 10.9. The first-order valence-electron chi connectivity index (χ1n) is 13.9. The van der Waals surface area contributed by atoms with Crippen LogP contribution in [0.25, 0.3) is 10.8 Å². The second kappa shape index (κ2) is 9.61. The second-order valence-corrected chi connectivity index (χ2v) is 10.9. The normalized spacial score (nSPS) is 32.8. The van der Waals surface area contributed by atoms with Gasteiger partial charge in [0.1, 0.15) is 23.2 Å². The molecule has 0 aliphatic carbocycles. The summed E-state index contributed by atoms with van der Waals surface area (Å²) in [5, 5.41) is 12.4. The summed E-state index contributed by atoms with van der Waals surface area (Å²) in [4.78, 5) is 45.6. The summed E-state index contributed by atoms with van der Waals surface area (Å²) in [5.74, 6) is -2.98. The molecule has 1 spiro atoms. The quantitative estimate of drug-likeness (QED) is 0.470. The number of aliphatic hydroxyl groups is 1. The van der Waals surface area contributed by atoms with Crippen molar-refractivity contribution < 1.29 is 29.0 Å². The van der Waals surface area contributed by atoms with Gasteiger partial charge in [-0.05, 0) is 42.2 Å². The number of rotatable bonds is 5. The number of carbonyl (C=O) groups is 3. The van der Waals surface area contributed by atoms with E-state index in [-0.39, 0.29) is 31.6 Å². The SMILES string of the molecule is CC[C@@H](CO)N1C(=O)[C@@H]2[C@@H]3C(=O)OCCC=C[C@]3(CC)O[C@@]23C=CCN(c2ccc4ccccc4c2)C(=O)C13. The first-order chi connectivity index (χ1) is 18.9. The molecule has 1 N–H and O–H groups in total. The molecule has 0 aromatic heterocycles. The van der Waals surface area contributed by atoms with Gasteiger partial charge in [0.2, 0.25) is 5.91 Å². The van der Waals surface area contributed by atoms with E-state index in [0.29, 0.717) is 24.9 Å². The van der Waals surface area contributed by atoms with Gasteiger partial charge in [-0.1, -0.05) is 68.5 Å². The molecule has 6 rings (SSSR count). The number of ether oxygens (including phenoxy) is 2. The lowest BCUT2D eigenvalue weighted by molar-refractivity contribution is -0.161. The van der Waals surface area contributed by atoms with Gasteiger partial charge in [-0.2, -0.15) is 0 Å². The first kappa shape index (κ1) is 25.8. The molecule has 2 saturated heterocycles. The van der Waals surface area contributed by atoms with Crippen molar-refractivity contribution in [3.8, 4) is 0 Å². The molecule has 204 valence electrons. The number of carbonyl (C=O) groups excluding carboxylic acids is 3. The van der Waals surface area contributed by atoms with Crippen molar-refractivity contribution >= 4 is 34.2 Å². The number of esters is 1. The Labute approximate surface area is 227 Å². The molecule has 4 heterocycles. The number of hydrogen-bond donors (Lipinski definition) is 1. The zero-order chi connectivity index (χ0) is 27.4. The molecule has 4 aliphatic rings. The fraction of sp³-hybridized carbons (Fsp3) is 0.452. The monoisotopic (exact) mass is 530 g/mol. The van der Waals surface area contributed by atoms with E-state index in [4.69, 9.17) is 9.47 Å². The van der Waals surface area contributed by atoms with Crippen LogP contribution in [0.1, 0.15) is 33.1 Å². The molecule has 1 unspecified atom stereocenters. The first-order valence-corrected chi connectivity index (χ1v) is 13.9. The zero-order valence-corrected chi connectivity index (χ0v) is 22.3. The Morgan fingerprint density at radius 2 is 1.79 bits per heavy atom. The Bertz CT molecular complexity index is 1380. The average Bonchev–Trinajstić information content (AvgIpc) is 3.29. The number of nitrogens with zero attached hydrogens (tertiary/aromatic N) is 2. The minimum Gasteiger partial charge on any atom is -0.465 e. The highest BCUT2D eigenvalue weighted by atomic mass is 16.6. The Kier molecular flexibility index (Phi) is 6.35. The Morgan fingerprint density at radius 3 is 2.54 bits per heavy atom. The number of benzene rings is 2. The van der Waals surface area contributed by atoms with E-state index >= 15 is 0 Å². The van der Waals surface area contributed by atoms with E-state index in [1.807, 2.05) is 80.6 Å². The van der Waals surface area contributed by atoms with E-state index in [1.54, 1.807) is 4.90 Å². The largest absolute Gasteiger partial charge is 0.465 e. The number of amides is 2. The van der Waals surface area contributed by atoms with Crippen molar-refractivity contribution in [2.24, 2.45) is 11.8 Å². The average molecular weight is 531 g/mol. The van der Waals surface area contributed by atoms with Gasteiger partial charge in [0.25, 0.3) is 5.91 Å². The van der Waals surface area contributed by atoms with Gasteiger partial charge in [-0.25, -0.2) is 0 Å².